The van der Waals surface area contributed by atoms with E-state index in [9.17, 15) is 8.42 Å². The summed E-state index contributed by atoms with van der Waals surface area (Å²) in [5, 5.41) is 5.06. The zero-order chi connectivity index (χ0) is 11.6. The molecule has 2 N–H and O–H groups in total. The molecule has 4 nitrogen and oxygen atoms in total. The summed E-state index contributed by atoms with van der Waals surface area (Å²) in [6.07, 6.45) is 8.62. The summed E-state index contributed by atoms with van der Waals surface area (Å²) in [6, 6.07) is 4.74. The number of aliphatic imine (C=N–C) groups is 1. The van der Waals surface area contributed by atoms with Gasteiger partial charge in [0, 0.05) is 12.4 Å². The molecule has 0 radical (unpaired) electrons. The first-order valence-corrected chi connectivity index (χ1v) is 6.15. The molecule has 0 spiro atoms. The molecule has 1 aliphatic rings. The standard InChI is InChI=1S/C11H10N2O2S/c12-16(14,15)11-4-3-9-5-7-13-6-1-2-10(9)8-11/h1-8H,(H2,12,14,15). The third-order valence-corrected chi connectivity index (χ3v) is 3.09. The summed E-state index contributed by atoms with van der Waals surface area (Å²) in [6.45, 7) is 0. The van der Waals surface area contributed by atoms with Crippen molar-refractivity contribution in [2.45, 2.75) is 4.90 Å². The third kappa shape index (κ3) is 2.26. The molecule has 5 heteroatoms. The molecule has 82 valence electrons. The van der Waals surface area contributed by atoms with Gasteiger partial charge in [0.25, 0.3) is 0 Å². The van der Waals surface area contributed by atoms with Crippen LogP contribution in [0, 0.1) is 0 Å². The van der Waals surface area contributed by atoms with Gasteiger partial charge in [0.15, 0.2) is 0 Å². The van der Waals surface area contributed by atoms with Crippen molar-refractivity contribution < 1.29 is 8.42 Å². The van der Waals surface area contributed by atoms with Crippen LogP contribution in [0.1, 0.15) is 11.1 Å². The zero-order valence-electron chi connectivity index (χ0n) is 8.37. The summed E-state index contributed by atoms with van der Waals surface area (Å²) in [4.78, 5) is 4.08. The van der Waals surface area contributed by atoms with E-state index in [1.807, 2.05) is 6.08 Å². The van der Waals surface area contributed by atoms with Gasteiger partial charge < -0.3 is 0 Å². The van der Waals surface area contributed by atoms with Crippen molar-refractivity contribution in [3.05, 3.63) is 41.6 Å². The van der Waals surface area contributed by atoms with Crippen LogP contribution >= 0.6 is 0 Å². The van der Waals surface area contributed by atoms with E-state index in [0.29, 0.717) is 0 Å². The van der Waals surface area contributed by atoms with Gasteiger partial charge in [-0.2, -0.15) is 0 Å². The van der Waals surface area contributed by atoms with Crippen molar-refractivity contribution in [3.63, 3.8) is 0 Å². The lowest BCUT2D eigenvalue weighted by Crippen LogP contribution is -2.12. The Balaban J connectivity index is 2.59. The molecule has 1 aliphatic heterocycles. The normalized spacial score (nSPS) is 14.3. The molecular formula is C11H10N2O2S. The van der Waals surface area contributed by atoms with Crippen molar-refractivity contribution in [1.29, 1.82) is 0 Å². The SMILES string of the molecule is NS(=O)(=O)c1ccc2c(c1)C=CC=NC=C2. The number of primary sulfonamides is 1. The number of benzene rings is 1. The summed E-state index contributed by atoms with van der Waals surface area (Å²) >= 11 is 0. The number of sulfonamides is 1. The van der Waals surface area contributed by atoms with Gasteiger partial charge in [-0.3, -0.25) is 4.99 Å². The van der Waals surface area contributed by atoms with Crippen LogP contribution in [0.4, 0.5) is 0 Å². The fourth-order valence-corrected chi connectivity index (χ4v) is 1.94. The molecule has 1 aromatic rings. The minimum atomic E-state index is -3.65. The fourth-order valence-electron chi connectivity index (χ4n) is 1.40. The van der Waals surface area contributed by atoms with Gasteiger partial charge in [-0.25, -0.2) is 13.6 Å². The second-order valence-corrected chi connectivity index (χ2v) is 4.87. The van der Waals surface area contributed by atoms with Crippen LogP contribution in [0.3, 0.4) is 0 Å². The average molecular weight is 234 g/mol. The molecule has 0 fully saturated rings. The number of nitrogens with two attached hydrogens (primary N) is 1. The van der Waals surface area contributed by atoms with E-state index in [2.05, 4.69) is 4.99 Å². The van der Waals surface area contributed by atoms with E-state index >= 15 is 0 Å². The second kappa shape index (κ2) is 4.03. The average Bonchev–Trinajstić information content (AvgIpc) is 2.16. The molecule has 0 unspecified atom stereocenters. The van der Waals surface area contributed by atoms with E-state index in [0.717, 1.165) is 11.1 Å². The van der Waals surface area contributed by atoms with E-state index in [1.54, 1.807) is 36.7 Å². The molecule has 16 heavy (non-hydrogen) atoms. The number of allylic oxidation sites excluding steroid dienone is 1. The number of hydrogen-bond acceptors (Lipinski definition) is 3. The Bertz CT molecular complexity index is 598. The van der Waals surface area contributed by atoms with Gasteiger partial charge in [0.1, 0.15) is 0 Å². The predicted molar refractivity (Wildman–Crippen MR) is 64.4 cm³/mol. The smallest absolute Gasteiger partial charge is 0.238 e. The maximum absolute atomic E-state index is 11.2. The zero-order valence-corrected chi connectivity index (χ0v) is 9.18. The highest BCUT2D eigenvalue weighted by Crippen LogP contribution is 2.18. The van der Waals surface area contributed by atoms with Crippen LogP contribution in [0.2, 0.25) is 0 Å². The van der Waals surface area contributed by atoms with Gasteiger partial charge in [-0.15, -0.1) is 0 Å². The Morgan fingerprint density at radius 2 is 1.94 bits per heavy atom. The van der Waals surface area contributed by atoms with Crippen LogP contribution in [-0.2, 0) is 10.0 Å². The van der Waals surface area contributed by atoms with E-state index in [1.165, 1.54) is 6.07 Å². The summed E-state index contributed by atoms with van der Waals surface area (Å²) in [5.74, 6) is 0. The van der Waals surface area contributed by atoms with E-state index in [-0.39, 0.29) is 4.90 Å². The summed E-state index contributed by atoms with van der Waals surface area (Å²) in [7, 11) is -3.65. The van der Waals surface area contributed by atoms with Crippen LogP contribution in [0.15, 0.2) is 40.4 Å². The van der Waals surface area contributed by atoms with Gasteiger partial charge in [-0.1, -0.05) is 12.1 Å². The van der Waals surface area contributed by atoms with Crippen molar-refractivity contribution in [2.75, 3.05) is 0 Å². The van der Waals surface area contributed by atoms with Crippen molar-refractivity contribution in [3.8, 4) is 0 Å². The maximum Gasteiger partial charge on any atom is 0.238 e. The molecule has 0 bridgehead atoms. The Morgan fingerprint density at radius 3 is 2.69 bits per heavy atom. The van der Waals surface area contributed by atoms with Crippen LogP contribution < -0.4 is 5.14 Å². The molecule has 0 atom stereocenters. The summed E-state index contributed by atoms with van der Waals surface area (Å²) in [5.41, 5.74) is 1.70. The van der Waals surface area contributed by atoms with Crippen LogP contribution in [0.5, 0.6) is 0 Å². The molecule has 1 heterocycles. The monoisotopic (exact) mass is 234 g/mol. The highest BCUT2D eigenvalue weighted by molar-refractivity contribution is 7.89. The molecule has 1 aromatic carbocycles. The highest BCUT2D eigenvalue weighted by Gasteiger charge is 2.09. The minimum absolute atomic E-state index is 0.113. The molecular weight excluding hydrogens is 224 g/mol. The molecule has 0 saturated carbocycles. The summed E-state index contributed by atoms with van der Waals surface area (Å²) < 4.78 is 22.4. The number of rotatable bonds is 1. The molecule has 0 aromatic heterocycles. The molecule has 0 aliphatic carbocycles. The topological polar surface area (TPSA) is 72.5 Å². The Morgan fingerprint density at radius 1 is 1.12 bits per heavy atom. The number of hydrogen-bond donors (Lipinski definition) is 1. The Kier molecular flexibility index (Phi) is 2.72. The first-order chi connectivity index (χ1) is 7.57. The highest BCUT2D eigenvalue weighted by atomic mass is 32.2. The minimum Gasteiger partial charge on any atom is -0.265 e. The second-order valence-electron chi connectivity index (χ2n) is 3.31. The van der Waals surface area contributed by atoms with Crippen LogP contribution in [0.25, 0.3) is 12.2 Å². The lowest BCUT2D eigenvalue weighted by molar-refractivity contribution is 0.598. The fraction of sp³-hybridized carbons (Fsp3) is 0. The predicted octanol–water partition coefficient (Wildman–Crippen LogP) is 1.40. The van der Waals surface area contributed by atoms with Gasteiger partial charge >= 0.3 is 0 Å². The van der Waals surface area contributed by atoms with Gasteiger partial charge in [0.2, 0.25) is 10.0 Å². The third-order valence-electron chi connectivity index (χ3n) is 2.17. The largest absolute Gasteiger partial charge is 0.265 e. The molecule has 2 rings (SSSR count). The number of nitrogens with zero attached hydrogens (tertiary/aromatic N) is 1. The first-order valence-electron chi connectivity index (χ1n) is 4.60. The van der Waals surface area contributed by atoms with E-state index in [4.69, 9.17) is 5.14 Å². The maximum atomic E-state index is 11.2. The lowest BCUT2D eigenvalue weighted by Gasteiger charge is -2.05. The Hall–Kier alpha value is -1.72. The number of fused-ring (bicyclic) bond motifs is 1. The lowest BCUT2D eigenvalue weighted by atomic mass is 10.1. The molecule has 0 amide bonds. The van der Waals surface area contributed by atoms with E-state index < -0.39 is 10.0 Å². The van der Waals surface area contributed by atoms with Crippen molar-refractivity contribution in [1.82, 2.24) is 0 Å². The van der Waals surface area contributed by atoms with Crippen LogP contribution in [-0.4, -0.2) is 14.6 Å². The Labute approximate surface area is 93.9 Å². The quantitative estimate of drug-likeness (QED) is 0.797. The van der Waals surface area contributed by atoms with Crippen molar-refractivity contribution >= 4 is 28.4 Å². The van der Waals surface area contributed by atoms with Gasteiger partial charge in [0.05, 0.1) is 4.90 Å². The van der Waals surface area contributed by atoms with Gasteiger partial charge in [-0.05, 0) is 35.4 Å². The van der Waals surface area contributed by atoms with Crippen molar-refractivity contribution in [2.24, 2.45) is 10.1 Å². The first kappa shape index (κ1) is 10.8. The molecule has 0 saturated heterocycles.